The maximum absolute atomic E-state index is 5.82. The fourth-order valence-electron chi connectivity index (χ4n) is 1.02. The lowest BCUT2D eigenvalue weighted by molar-refractivity contribution is 0.694. The molecule has 0 aliphatic heterocycles. The van der Waals surface area contributed by atoms with Crippen molar-refractivity contribution in [3.8, 4) is 0 Å². The summed E-state index contributed by atoms with van der Waals surface area (Å²) in [5.41, 5.74) is 8.13. The minimum atomic E-state index is 0.141. The highest BCUT2D eigenvalue weighted by Crippen LogP contribution is 2.12. The van der Waals surface area contributed by atoms with E-state index in [1.807, 2.05) is 19.3 Å². The molecule has 2 heteroatoms. The molecule has 0 bridgehead atoms. The number of nitrogens with zero attached hydrogens (tertiary/aromatic N) is 1. The number of hydrogen-bond acceptors (Lipinski definition) is 2. The van der Waals surface area contributed by atoms with Gasteiger partial charge in [0.05, 0.1) is 0 Å². The van der Waals surface area contributed by atoms with Gasteiger partial charge < -0.3 is 5.73 Å². The molecule has 1 aromatic heterocycles. The molecule has 1 rings (SSSR count). The number of hydrogen-bond donors (Lipinski definition) is 1. The van der Waals surface area contributed by atoms with E-state index in [-0.39, 0.29) is 6.04 Å². The second kappa shape index (κ2) is 3.49. The van der Waals surface area contributed by atoms with Crippen molar-refractivity contribution in [2.75, 3.05) is 0 Å². The van der Waals surface area contributed by atoms with Crippen LogP contribution in [0.2, 0.25) is 0 Å². The molecule has 0 saturated carbocycles. The van der Waals surface area contributed by atoms with E-state index in [1.54, 1.807) is 0 Å². The van der Waals surface area contributed by atoms with Crippen LogP contribution in [-0.2, 0) is 0 Å². The predicted molar refractivity (Wildman–Crippen MR) is 46.2 cm³/mol. The van der Waals surface area contributed by atoms with Gasteiger partial charge in [-0.3, -0.25) is 4.98 Å². The zero-order valence-electron chi connectivity index (χ0n) is 7.04. The highest BCUT2D eigenvalue weighted by Gasteiger charge is 2.01. The molecule has 1 atom stereocenters. The summed E-state index contributed by atoms with van der Waals surface area (Å²) in [5, 5.41) is 0. The normalized spacial score (nSPS) is 13.0. The van der Waals surface area contributed by atoms with Gasteiger partial charge in [0.1, 0.15) is 0 Å². The first kappa shape index (κ1) is 8.21. The van der Waals surface area contributed by atoms with Crippen molar-refractivity contribution in [2.45, 2.75) is 26.3 Å². The molecule has 0 aliphatic carbocycles. The zero-order chi connectivity index (χ0) is 8.27. The first-order valence-corrected chi connectivity index (χ1v) is 3.91. The third kappa shape index (κ3) is 2.02. The van der Waals surface area contributed by atoms with Gasteiger partial charge in [0.25, 0.3) is 0 Å². The summed E-state index contributed by atoms with van der Waals surface area (Å²) >= 11 is 0. The topological polar surface area (TPSA) is 38.9 Å². The van der Waals surface area contributed by atoms with Crippen molar-refractivity contribution in [1.29, 1.82) is 0 Å². The van der Waals surface area contributed by atoms with Gasteiger partial charge in [0, 0.05) is 18.4 Å². The molecular formula is C9H14N2. The zero-order valence-corrected chi connectivity index (χ0v) is 7.04. The van der Waals surface area contributed by atoms with Crippen LogP contribution in [-0.4, -0.2) is 4.98 Å². The summed E-state index contributed by atoms with van der Waals surface area (Å²) in [6.45, 7) is 4.10. The van der Waals surface area contributed by atoms with Crippen molar-refractivity contribution in [1.82, 2.24) is 4.98 Å². The lowest BCUT2D eigenvalue weighted by Gasteiger charge is -2.08. The SMILES string of the molecule is CCC(N)c1cncc(C)c1. The fourth-order valence-corrected chi connectivity index (χ4v) is 1.02. The molecule has 2 nitrogen and oxygen atoms in total. The number of rotatable bonds is 2. The molecule has 0 spiro atoms. The van der Waals surface area contributed by atoms with Crippen molar-refractivity contribution in [2.24, 2.45) is 5.73 Å². The standard InChI is InChI=1S/C9H14N2/c1-3-9(10)8-4-7(2)5-11-6-8/h4-6,9H,3,10H2,1-2H3. The van der Waals surface area contributed by atoms with Crippen molar-refractivity contribution in [3.63, 3.8) is 0 Å². The van der Waals surface area contributed by atoms with Crippen LogP contribution in [0.4, 0.5) is 0 Å². The van der Waals surface area contributed by atoms with E-state index in [0.717, 1.165) is 12.0 Å². The summed E-state index contributed by atoms with van der Waals surface area (Å²) < 4.78 is 0. The van der Waals surface area contributed by atoms with Crippen molar-refractivity contribution in [3.05, 3.63) is 29.6 Å². The van der Waals surface area contributed by atoms with Crippen LogP contribution in [0.25, 0.3) is 0 Å². The van der Waals surface area contributed by atoms with E-state index in [9.17, 15) is 0 Å². The molecular weight excluding hydrogens is 136 g/mol. The third-order valence-corrected chi connectivity index (χ3v) is 1.76. The molecule has 0 aliphatic rings. The number of aryl methyl sites for hydroxylation is 1. The Morgan fingerprint density at radius 1 is 1.55 bits per heavy atom. The van der Waals surface area contributed by atoms with Crippen molar-refractivity contribution >= 4 is 0 Å². The fraction of sp³-hybridized carbons (Fsp3) is 0.444. The van der Waals surface area contributed by atoms with Crippen LogP contribution >= 0.6 is 0 Å². The van der Waals surface area contributed by atoms with Gasteiger partial charge in [0.2, 0.25) is 0 Å². The van der Waals surface area contributed by atoms with Gasteiger partial charge in [-0.25, -0.2) is 0 Å². The second-order valence-electron chi connectivity index (χ2n) is 2.81. The largest absolute Gasteiger partial charge is 0.324 e. The van der Waals surface area contributed by atoms with Crippen LogP contribution in [0.1, 0.15) is 30.5 Å². The summed E-state index contributed by atoms with van der Waals surface area (Å²) in [7, 11) is 0. The smallest absolute Gasteiger partial charge is 0.0315 e. The summed E-state index contributed by atoms with van der Waals surface area (Å²) in [4.78, 5) is 4.07. The quantitative estimate of drug-likeness (QED) is 0.698. The third-order valence-electron chi connectivity index (χ3n) is 1.76. The van der Waals surface area contributed by atoms with Crippen molar-refractivity contribution < 1.29 is 0 Å². The summed E-state index contributed by atoms with van der Waals surface area (Å²) in [6.07, 6.45) is 4.64. The lowest BCUT2D eigenvalue weighted by atomic mass is 10.1. The molecule has 11 heavy (non-hydrogen) atoms. The summed E-state index contributed by atoms with van der Waals surface area (Å²) in [6, 6.07) is 2.23. The first-order chi connectivity index (χ1) is 5.24. The maximum atomic E-state index is 5.82. The Labute approximate surface area is 67.5 Å². The molecule has 0 aromatic carbocycles. The molecule has 1 unspecified atom stereocenters. The van der Waals surface area contributed by atoms with Gasteiger partial charge in [0.15, 0.2) is 0 Å². The van der Waals surface area contributed by atoms with E-state index < -0.39 is 0 Å². The monoisotopic (exact) mass is 150 g/mol. The van der Waals surface area contributed by atoms with Gasteiger partial charge in [-0.2, -0.15) is 0 Å². The number of aromatic nitrogens is 1. The highest BCUT2D eigenvalue weighted by atomic mass is 14.7. The molecule has 0 saturated heterocycles. The highest BCUT2D eigenvalue weighted by molar-refractivity contribution is 5.19. The van der Waals surface area contributed by atoms with Crippen LogP contribution in [0, 0.1) is 6.92 Å². The molecule has 0 amide bonds. The van der Waals surface area contributed by atoms with E-state index in [2.05, 4.69) is 18.0 Å². The average molecular weight is 150 g/mol. The van der Waals surface area contributed by atoms with Crippen LogP contribution in [0.15, 0.2) is 18.5 Å². The summed E-state index contributed by atoms with van der Waals surface area (Å²) in [5.74, 6) is 0. The Bertz CT molecular complexity index is 233. The molecule has 60 valence electrons. The Morgan fingerprint density at radius 2 is 2.27 bits per heavy atom. The van der Waals surface area contributed by atoms with Crippen LogP contribution in [0.3, 0.4) is 0 Å². The van der Waals surface area contributed by atoms with Gasteiger partial charge >= 0.3 is 0 Å². The Balaban J connectivity index is 2.86. The average Bonchev–Trinajstić information content (AvgIpc) is 2.03. The minimum absolute atomic E-state index is 0.141. The molecule has 0 radical (unpaired) electrons. The molecule has 1 heterocycles. The van der Waals surface area contributed by atoms with Gasteiger partial charge in [-0.15, -0.1) is 0 Å². The lowest BCUT2D eigenvalue weighted by Crippen LogP contribution is -2.08. The van der Waals surface area contributed by atoms with E-state index in [0.29, 0.717) is 0 Å². The van der Waals surface area contributed by atoms with E-state index in [1.165, 1.54) is 5.56 Å². The van der Waals surface area contributed by atoms with E-state index in [4.69, 9.17) is 5.73 Å². The van der Waals surface area contributed by atoms with Crippen LogP contribution < -0.4 is 5.73 Å². The van der Waals surface area contributed by atoms with Gasteiger partial charge in [-0.05, 0) is 24.5 Å². The first-order valence-electron chi connectivity index (χ1n) is 3.91. The number of pyridine rings is 1. The van der Waals surface area contributed by atoms with Crippen LogP contribution in [0.5, 0.6) is 0 Å². The molecule has 1 aromatic rings. The van der Waals surface area contributed by atoms with E-state index >= 15 is 0 Å². The molecule has 2 N–H and O–H groups in total. The Hall–Kier alpha value is -0.890. The maximum Gasteiger partial charge on any atom is 0.0315 e. The van der Waals surface area contributed by atoms with Gasteiger partial charge in [-0.1, -0.05) is 13.0 Å². The second-order valence-corrected chi connectivity index (χ2v) is 2.81. The Kier molecular flexibility index (Phi) is 2.60. The molecule has 0 fully saturated rings. The minimum Gasteiger partial charge on any atom is -0.324 e. The Morgan fingerprint density at radius 3 is 2.82 bits per heavy atom. The predicted octanol–water partition coefficient (Wildman–Crippen LogP) is 1.80. The number of nitrogens with two attached hydrogens (primary N) is 1.